The van der Waals surface area contributed by atoms with Gasteiger partial charge in [-0.3, -0.25) is 4.79 Å². The molecule has 2 N–H and O–H groups in total. The number of anilines is 2. The molecule has 242 valence electrons. The molecule has 1 aliphatic rings. The molecular weight excluding hydrogens is 599 g/mol. The third-order valence-electron chi connectivity index (χ3n) is 8.16. The molecule has 9 nitrogen and oxygen atoms in total. The van der Waals surface area contributed by atoms with Crippen LogP contribution < -0.4 is 19.7 Å². The van der Waals surface area contributed by atoms with Gasteiger partial charge in [0.1, 0.15) is 5.82 Å². The van der Waals surface area contributed by atoms with Crippen LogP contribution in [0.5, 0.6) is 11.5 Å². The van der Waals surface area contributed by atoms with Gasteiger partial charge in [0.2, 0.25) is 0 Å². The van der Waals surface area contributed by atoms with Crippen LogP contribution in [-0.2, 0) is 19.4 Å². The molecular formula is C34H41FN2O7S. The van der Waals surface area contributed by atoms with Crippen LogP contribution in [0.25, 0.3) is 0 Å². The number of amides is 1. The van der Waals surface area contributed by atoms with E-state index in [1.165, 1.54) is 25.3 Å². The largest absolute Gasteiger partial charge is 0.493 e. The molecule has 0 saturated heterocycles. The van der Waals surface area contributed by atoms with E-state index >= 15 is 0 Å². The fourth-order valence-electron chi connectivity index (χ4n) is 5.87. The maximum atomic E-state index is 14.2. The summed E-state index contributed by atoms with van der Waals surface area (Å²) in [6, 6.07) is 16.0. The standard InChI is InChI=1S/C34H41FN2O7S/c1-4-6-17-34(18-7-5-2)22-37(26-11-9-8-10-12-26)27-19-28(43-3)29(20-30(27)45(41,42)23-34)44-21-31(38)36-32(33(39)40)24-13-15-25(35)16-14-24/h8-16,19-20,32H,4-7,17-18,21-23H2,1-3H3,(H,36,38)(H,39,40)/t32-/m1/s1. The molecule has 0 bridgehead atoms. The number of para-hydroxylation sites is 1. The molecule has 1 aliphatic heterocycles. The van der Waals surface area contributed by atoms with Crippen molar-refractivity contribution in [2.45, 2.75) is 63.3 Å². The maximum Gasteiger partial charge on any atom is 0.330 e. The van der Waals surface area contributed by atoms with Gasteiger partial charge < -0.3 is 24.8 Å². The van der Waals surface area contributed by atoms with E-state index in [-0.39, 0.29) is 27.7 Å². The summed E-state index contributed by atoms with van der Waals surface area (Å²) in [7, 11) is -2.40. The number of halogens is 1. The van der Waals surface area contributed by atoms with E-state index in [1.807, 2.05) is 35.2 Å². The number of aliphatic carboxylic acids is 1. The van der Waals surface area contributed by atoms with Crippen molar-refractivity contribution < 1.29 is 37.0 Å². The Labute approximate surface area is 264 Å². The van der Waals surface area contributed by atoms with Crippen LogP contribution in [0.1, 0.15) is 64.0 Å². The first kappa shape index (κ1) is 33.8. The highest BCUT2D eigenvalue weighted by Gasteiger charge is 2.42. The van der Waals surface area contributed by atoms with Crippen molar-refractivity contribution in [1.82, 2.24) is 5.32 Å². The minimum Gasteiger partial charge on any atom is -0.493 e. The molecule has 1 amide bonds. The second kappa shape index (κ2) is 14.8. The fourth-order valence-corrected chi connectivity index (χ4v) is 7.98. The number of ether oxygens (including phenoxy) is 2. The average molecular weight is 641 g/mol. The van der Waals surface area contributed by atoms with Gasteiger partial charge in [0.05, 0.1) is 23.4 Å². The Morgan fingerprint density at radius 2 is 1.64 bits per heavy atom. The number of carboxylic acids is 1. The molecule has 0 radical (unpaired) electrons. The van der Waals surface area contributed by atoms with Gasteiger partial charge >= 0.3 is 5.97 Å². The summed E-state index contributed by atoms with van der Waals surface area (Å²) in [5.41, 5.74) is 1.01. The van der Waals surface area contributed by atoms with Crippen molar-refractivity contribution in [1.29, 1.82) is 0 Å². The number of nitrogens with one attached hydrogen (secondary N) is 1. The SMILES string of the molecule is CCCCC1(CCCC)CN(c2ccccc2)c2cc(OC)c(OCC(=O)N[C@@H](C(=O)O)c3ccc(F)cc3)cc2S(=O)(=O)C1. The van der Waals surface area contributed by atoms with E-state index in [2.05, 4.69) is 19.2 Å². The predicted molar refractivity (Wildman–Crippen MR) is 170 cm³/mol. The van der Waals surface area contributed by atoms with Gasteiger partial charge in [-0.25, -0.2) is 17.6 Å². The minimum atomic E-state index is -3.83. The number of carboxylic acid groups (broad SMARTS) is 1. The Morgan fingerprint density at radius 1 is 1.00 bits per heavy atom. The molecule has 0 aliphatic carbocycles. The van der Waals surface area contributed by atoms with Crippen molar-refractivity contribution in [3.8, 4) is 11.5 Å². The van der Waals surface area contributed by atoms with E-state index < -0.39 is 45.6 Å². The van der Waals surface area contributed by atoms with Crippen LogP contribution in [0.3, 0.4) is 0 Å². The first-order valence-electron chi connectivity index (χ1n) is 15.2. The molecule has 11 heteroatoms. The molecule has 0 unspecified atom stereocenters. The molecule has 1 atom stereocenters. The zero-order chi connectivity index (χ0) is 32.6. The summed E-state index contributed by atoms with van der Waals surface area (Å²) < 4.78 is 53.2. The van der Waals surface area contributed by atoms with Crippen molar-refractivity contribution in [3.05, 3.63) is 78.1 Å². The van der Waals surface area contributed by atoms with Crippen LogP contribution >= 0.6 is 0 Å². The van der Waals surface area contributed by atoms with Crippen LogP contribution in [0, 0.1) is 11.2 Å². The molecule has 3 aromatic rings. The topological polar surface area (TPSA) is 122 Å². The highest BCUT2D eigenvalue weighted by Crippen LogP contribution is 2.48. The lowest BCUT2D eigenvalue weighted by Gasteiger charge is -2.37. The number of rotatable bonds is 14. The van der Waals surface area contributed by atoms with Crippen LogP contribution in [0.2, 0.25) is 0 Å². The molecule has 0 spiro atoms. The monoisotopic (exact) mass is 640 g/mol. The number of hydrogen-bond donors (Lipinski definition) is 2. The highest BCUT2D eigenvalue weighted by atomic mass is 32.2. The summed E-state index contributed by atoms with van der Waals surface area (Å²) in [6.45, 7) is 4.10. The second-order valence-electron chi connectivity index (χ2n) is 11.5. The van der Waals surface area contributed by atoms with Crippen molar-refractivity contribution in [2.24, 2.45) is 5.41 Å². The van der Waals surface area contributed by atoms with Crippen LogP contribution in [-0.4, -0.2) is 51.4 Å². The molecule has 0 aromatic heterocycles. The smallest absolute Gasteiger partial charge is 0.330 e. The summed E-state index contributed by atoms with van der Waals surface area (Å²) in [5, 5.41) is 12.0. The van der Waals surface area contributed by atoms with Gasteiger partial charge in [0.15, 0.2) is 34.0 Å². The summed E-state index contributed by atoms with van der Waals surface area (Å²) >= 11 is 0. The number of benzene rings is 3. The maximum absolute atomic E-state index is 14.2. The van der Waals surface area contributed by atoms with Gasteiger partial charge in [-0.1, -0.05) is 69.9 Å². The number of fused-ring (bicyclic) bond motifs is 1. The number of carbonyl (C=O) groups excluding carboxylic acids is 1. The van der Waals surface area contributed by atoms with Gasteiger partial charge in [0, 0.05) is 29.8 Å². The molecule has 4 rings (SSSR count). The van der Waals surface area contributed by atoms with Crippen molar-refractivity contribution >= 4 is 33.1 Å². The zero-order valence-corrected chi connectivity index (χ0v) is 26.7. The molecule has 0 saturated carbocycles. The van der Waals surface area contributed by atoms with Crippen molar-refractivity contribution in [2.75, 3.05) is 30.9 Å². The first-order valence-corrected chi connectivity index (χ1v) is 16.9. The number of unbranched alkanes of at least 4 members (excludes halogenated alkanes) is 2. The molecule has 3 aromatic carbocycles. The lowest BCUT2D eigenvalue weighted by molar-refractivity contribution is -0.142. The Kier molecular flexibility index (Phi) is 11.1. The van der Waals surface area contributed by atoms with E-state index in [0.717, 1.165) is 56.3 Å². The number of hydrogen-bond acceptors (Lipinski definition) is 7. The average Bonchev–Trinajstić information content (AvgIpc) is 3.12. The Balaban J connectivity index is 1.70. The van der Waals surface area contributed by atoms with Crippen molar-refractivity contribution in [3.63, 3.8) is 0 Å². The third kappa shape index (κ3) is 8.13. The fraction of sp³-hybridized carbons (Fsp3) is 0.412. The summed E-state index contributed by atoms with van der Waals surface area (Å²) in [6.07, 6.45) is 5.23. The summed E-state index contributed by atoms with van der Waals surface area (Å²) in [4.78, 5) is 26.8. The summed E-state index contributed by atoms with van der Waals surface area (Å²) in [5.74, 6) is -2.41. The Morgan fingerprint density at radius 3 is 2.22 bits per heavy atom. The Hall–Kier alpha value is -4.12. The van der Waals surface area contributed by atoms with Gasteiger partial charge in [-0.15, -0.1) is 0 Å². The van der Waals surface area contributed by atoms with E-state index in [9.17, 15) is 27.5 Å². The normalized spacial score (nSPS) is 15.8. The number of sulfone groups is 1. The van der Waals surface area contributed by atoms with E-state index in [4.69, 9.17) is 9.47 Å². The van der Waals surface area contributed by atoms with Gasteiger partial charge in [-0.05, 0) is 42.7 Å². The molecule has 0 fully saturated rings. The number of carbonyl (C=O) groups is 2. The lowest BCUT2D eigenvalue weighted by Crippen LogP contribution is -2.38. The number of methoxy groups -OCH3 is 1. The molecule has 45 heavy (non-hydrogen) atoms. The first-order chi connectivity index (χ1) is 21.5. The quantitative estimate of drug-likeness (QED) is 0.206. The van der Waals surface area contributed by atoms with Gasteiger partial charge in [0.25, 0.3) is 5.91 Å². The van der Waals surface area contributed by atoms with E-state index in [0.29, 0.717) is 12.2 Å². The number of nitrogens with zero attached hydrogens (tertiary/aromatic N) is 1. The predicted octanol–water partition coefficient (Wildman–Crippen LogP) is 6.45. The third-order valence-corrected chi connectivity index (χ3v) is 10.2. The van der Waals surface area contributed by atoms with Gasteiger partial charge in [-0.2, -0.15) is 0 Å². The minimum absolute atomic E-state index is 0.0272. The van der Waals surface area contributed by atoms with E-state index in [1.54, 1.807) is 6.07 Å². The zero-order valence-electron chi connectivity index (χ0n) is 25.9. The van der Waals surface area contributed by atoms with Crippen LogP contribution in [0.4, 0.5) is 15.8 Å². The van der Waals surface area contributed by atoms with Crippen LogP contribution in [0.15, 0.2) is 71.6 Å². The lowest BCUT2D eigenvalue weighted by atomic mass is 9.79. The highest BCUT2D eigenvalue weighted by molar-refractivity contribution is 7.91. The second-order valence-corrected chi connectivity index (χ2v) is 13.5. The Bertz CT molecular complexity index is 1570. The molecule has 1 heterocycles.